The number of carbonyl (C=O) groups is 2. The van der Waals surface area contributed by atoms with Gasteiger partial charge >= 0.3 is 0 Å². The maximum absolute atomic E-state index is 13.6. The van der Waals surface area contributed by atoms with Gasteiger partial charge in [0.05, 0.1) is 21.3 Å². The van der Waals surface area contributed by atoms with Gasteiger partial charge in [0.2, 0.25) is 11.8 Å². The molecule has 5 atom stereocenters. The van der Waals surface area contributed by atoms with E-state index in [4.69, 9.17) is 0 Å². The Morgan fingerprint density at radius 2 is 1.62 bits per heavy atom. The Labute approximate surface area is 154 Å². The second-order valence-electron chi connectivity index (χ2n) is 7.87. The summed E-state index contributed by atoms with van der Waals surface area (Å²) in [5.74, 6) is -1.14. The number of amides is 2. The fourth-order valence-electron chi connectivity index (χ4n) is 5.55. The smallest absolute Gasteiger partial charge is 0.234 e. The Bertz CT molecular complexity index is 690. The van der Waals surface area contributed by atoms with E-state index in [2.05, 4.69) is 15.9 Å². The average molecular weight is 414 g/mol. The Morgan fingerprint density at radius 3 is 2.33 bits per heavy atom. The van der Waals surface area contributed by atoms with Crippen LogP contribution in [-0.4, -0.2) is 37.5 Å². The minimum atomic E-state index is -1.22. The van der Waals surface area contributed by atoms with Crippen molar-refractivity contribution >= 4 is 38.5 Å². The van der Waals surface area contributed by atoms with E-state index in [0.29, 0.717) is 0 Å². The number of hydrogen-bond donors (Lipinski definition) is 0. The van der Waals surface area contributed by atoms with Crippen LogP contribution < -0.4 is 0 Å². The van der Waals surface area contributed by atoms with Gasteiger partial charge in [-0.1, -0.05) is 48.0 Å². The summed E-state index contributed by atoms with van der Waals surface area (Å²) in [7, 11) is 0.362. The number of hydrogen-bond acceptors (Lipinski definition) is 3. The van der Waals surface area contributed by atoms with Crippen molar-refractivity contribution in [2.45, 2.75) is 67.8 Å². The zero-order valence-corrected chi connectivity index (χ0v) is 16.7. The quantitative estimate of drug-likeness (QED) is 0.572. The summed E-state index contributed by atoms with van der Waals surface area (Å²) in [6.07, 6.45) is 8.41. The van der Waals surface area contributed by atoms with Gasteiger partial charge in [-0.3, -0.25) is 18.7 Å². The van der Waals surface area contributed by atoms with Crippen molar-refractivity contribution < 1.29 is 13.8 Å². The van der Waals surface area contributed by atoms with E-state index in [9.17, 15) is 13.8 Å². The largest absolute Gasteiger partial charge is 0.285 e. The van der Waals surface area contributed by atoms with E-state index in [1.165, 1.54) is 24.2 Å². The van der Waals surface area contributed by atoms with Gasteiger partial charge in [0.15, 0.2) is 0 Å². The van der Waals surface area contributed by atoms with Crippen LogP contribution in [0.25, 0.3) is 0 Å². The van der Waals surface area contributed by atoms with E-state index in [1.54, 1.807) is 7.05 Å². The highest BCUT2D eigenvalue weighted by atomic mass is 79.9. The molecule has 2 amide bonds. The average Bonchev–Trinajstić information content (AvgIpc) is 2.95. The monoisotopic (exact) mass is 413 g/mol. The van der Waals surface area contributed by atoms with E-state index in [-0.39, 0.29) is 11.8 Å². The molecule has 1 aliphatic carbocycles. The third-order valence-electron chi connectivity index (χ3n) is 6.80. The fourth-order valence-corrected chi connectivity index (χ4v) is 9.91. The molecule has 3 aliphatic heterocycles. The molecule has 4 nitrogen and oxygen atoms in total. The Balaban J connectivity index is 1.91. The second kappa shape index (κ2) is 5.50. The zero-order valence-electron chi connectivity index (χ0n) is 14.3. The Hall–Kier alpha value is -0.490. The minimum absolute atomic E-state index is 0.130. The third kappa shape index (κ3) is 1.77. The van der Waals surface area contributed by atoms with E-state index < -0.39 is 32.1 Å². The van der Waals surface area contributed by atoms with Gasteiger partial charge in [-0.2, -0.15) is 0 Å². The summed E-state index contributed by atoms with van der Waals surface area (Å²) in [6.45, 7) is 1.97. The van der Waals surface area contributed by atoms with Crippen molar-refractivity contribution in [2.75, 3.05) is 7.05 Å². The van der Waals surface area contributed by atoms with Crippen LogP contribution in [0.1, 0.15) is 58.3 Å². The van der Waals surface area contributed by atoms with Gasteiger partial charge < -0.3 is 0 Å². The number of imide groups is 1. The molecule has 4 rings (SSSR count). The number of rotatable bonds is 0. The lowest BCUT2D eigenvalue weighted by Gasteiger charge is -2.34. The summed E-state index contributed by atoms with van der Waals surface area (Å²) < 4.78 is 13.3. The Kier molecular flexibility index (Phi) is 3.89. The van der Waals surface area contributed by atoms with Gasteiger partial charge in [0, 0.05) is 22.3 Å². The van der Waals surface area contributed by atoms with Crippen LogP contribution in [-0.2, 0) is 20.4 Å². The van der Waals surface area contributed by atoms with Gasteiger partial charge in [-0.05, 0) is 31.8 Å². The van der Waals surface area contributed by atoms with Crippen LogP contribution in [0.3, 0.4) is 0 Å². The van der Waals surface area contributed by atoms with Gasteiger partial charge in [0.1, 0.15) is 0 Å². The van der Waals surface area contributed by atoms with Crippen molar-refractivity contribution in [1.29, 1.82) is 0 Å². The molecule has 0 aromatic heterocycles. The van der Waals surface area contributed by atoms with Crippen LogP contribution >= 0.6 is 15.9 Å². The van der Waals surface area contributed by atoms with Crippen molar-refractivity contribution in [2.24, 2.45) is 11.8 Å². The highest BCUT2D eigenvalue weighted by Gasteiger charge is 2.78. The molecule has 6 heteroatoms. The lowest BCUT2D eigenvalue weighted by molar-refractivity contribution is -0.138. The first kappa shape index (κ1) is 17.0. The first-order valence-corrected chi connectivity index (χ1v) is 11.0. The molecule has 2 fully saturated rings. The van der Waals surface area contributed by atoms with Crippen LogP contribution in [0.2, 0.25) is 0 Å². The predicted octanol–water partition coefficient (Wildman–Crippen LogP) is 3.27. The zero-order chi connectivity index (χ0) is 17.3. The number of carbonyl (C=O) groups excluding carboxylic acids is 2. The highest BCUT2D eigenvalue weighted by molar-refractivity contribution is 9.12. The molecule has 0 radical (unpaired) electrons. The maximum Gasteiger partial charge on any atom is 0.234 e. The van der Waals surface area contributed by atoms with E-state index in [1.807, 2.05) is 6.92 Å². The maximum atomic E-state index is 13.6. The predicted molar refractivity (Wildman–Crippen MR) is 96.9 cm³/mol. The van der Waals surface area contributed by atoms with Gasteiger partial charge in [0.25, 0.3) is 0 Å². The number of fused-ring (bicyclic) bond motifs is 4. The molecule has 3 heterocycles. The summed E-state index contributed by atoms with van der Waals surface area (Å²) >= 11 is 3.78. The van der Waals surface area contributed by atoms with E-state index >= 15 is 0 Å². The molecule has 0 aromatic carbocycles. The first-order valence-electron chi connectivity index (χ1n) is 9.01. The minimum Gasteiger partial charge on any atom is -0.285 e. The third-order valence-corrected chi connectivity index (χ3v) is 10.8. The summed E-state index contributed by atoms with van der Waals surface area (Å²) in [5.41, 5.74) is 1.15. The van der Waals surface area contributed by atoms with Crippen molar-refractivity contribution in [3.8, 4) is 0 Å². The number of halogens is 1. The standard InChI is InChI=1S/C18H24BrNO3S/c1-17-11-9-7-5-3-4-6-8-10-18(14(11)19,24(17)23)13-12(17)15(21)20(2)16(13)22/h12-13H,3-10H2,1-2H3/t12-,13+,17+,18+,24?/m0/s1. The molecule has 132 valence electrons. The molecule has 3 bridgehead atoms. The molecule has 1 spiro atoms. The van der Waals surface area contributed by atoms with Crippen LogP contribution in [0.5, 0.6) is 0 Å². The van der Waals surface area contributed by atoms with Crippen LogP contribution in [0, 0.1) is 11.8 Å². The molecule has 0 aromatic rings. The van der Waals surface area contributed by atoms with E-state index in [0.717, 1.165) is 42.2 Å². The van der Waals surface area contributed by atoms with Crippen molar-refractivity contribution in [1.82, 2.24) is 4.90 Å². The van der Waals surface area contributed by atoms with Gasteiger partial charge in [-0.25, -0.2) is 0 Å². The van der Waals surface area contributed by atoms with Crippen molar-refractivity contribution in [3.63, 3.8) is 0 Å². The summed E-state index contributed by atoms with van der Waals surface area (Å²) in [6, 6.07) is 0. The first-order chi connectivity index (χ1) is 11.4. The highest BCUT2D eigenvalue weighted by Crippen LogP contribution is 2.68. The van der Waals surface area contributed by atoms with Gasteiger partial charge in [-0.15, -0.1) is 0 Å². The molecular weight excluding hydrogens is 390 g/mol. The molecule has 1 unspecified atom stereocenters. The normalized spacial score (nSPS) is 45.6. The summed E-state index contributed by atoms with van der Waals surface area (Å²) in [5, 5.41) is 0. The number of likely N-dealkylation sites (tertiary alicyclic amines) is 1. The topological polar surface area (TPSA) is 54.5 Å². The SMILES string of the molecule is CN1C(=O)[C@@H]2[C@H](C1=O)[C@]13CCCCCCCCC(=C1Br)[C@@]2(C)S3=O. The Morgan fingerprint density at radius 1 is 1.04 bits per heavy atom. The van der Waals surface area contributed by atoms with Crippen LogP contribution in [0.15, 0.2) is 10.1 Å². The number of nitrogens with zero attached hydrogens (tertiary/aromatic N) is 1. The molecular formula is C18H24BrNO3S. The molecule has 0 saturated carbocycles. The lowest BCUT2D eigenvalue weighted by atomic mass is 9.67. The molecule has 0 N–H and O–H groups in total. The van der Waals surface area contributed by atoms with Crippen molar-refractivity contribution in [3.05, 3.63) is 10.1 Å². The lowest BCUT2D eigenvalue weighted by Crippen LogP contribution is -2.43. The fraction of sp³-hybridized carbons (Fsp3) is 0.778. The second-order valence-corrected chi connectivity index (χ2v) is 10.8. The molecule has 2 saturated heterocycles. The molecule has 4 aliphatic rings. The summed E-state index contributed by atoms with van der Waals surface area (Å²) in [4.78, 5) is 27.0. The molecule has 24 heavy (non-hydrogen) atoms. The van der Waals surface area contributed by atoms with Crippen LogP contribution in [0.4, 0.5) is 0 Å².